The summed E-state index contributed by atoms with van der Waals surface area (Å²) in [6.07, 6.45) is 6.42. The van der Waals surface area contributed by atoms with E-state index in [2.05, 4.69) is 43.1 Å². The van der Waals surface area contributed by atoms with Crippen LogP contribution in [0.25, 0.3) is 0 Å². The Morgan fingerprint density at radius 3 is 2.88 bits per heavy atom. The molecule has 0 fully saturated rings. The van der Waals surface area contributed by atoms with Gasteiger partial charge in [0.1, 0.15) is 5.82 Å². The van der Waals surface area contributed by atoms with E-state index in [9.17, 15) is 0 Å². The highest BCUT2D eigenvalue weighted by Gasteiger charge is 2.10. The van der Waals surface area contributed by atoms with Gasteiger partial charge < -0.3 is 10.3 Å². The van der Waals surface area contributed by atoms with Gasteiger partial charge in [-0.05, 0) is 34.5 Å². The number of hydrogen-bond donors (Lipinski definition) is 2. The number of nitrogens with zero attached hydrogens (tertiary/aromatic N) is 2. The second-order valence-electron chi connectivity index (χ2n) is 3.78. The van der Waals surface area contributed by atoms with Crippen LogP contribution in [0, 0.1) is 0 Å². The third-order valence-electron chi connectivity index (χ3n) is 2.58. The lowest BCUT2D eigenvalue weighted by Crippen LogP contribution is -2.21. The Balaban J connectivity index is 1.94. The molecule has 0 radical (unpaired) electrons. The van der Waals surface area contributed by atoms with Crippen LogP contribution >= 0.6 is 15.9 Å². The molecule has 2 N–H and O–H groups in total. The summed E-state index contributed by atoms with van der Waals surface area (Å²) < 4.78 is 0.999. The zero-order chi connectivity index (χ0) is 12.1. The smallest absolute Gasteiger partial charge is 0.123 e. The van der Waals surface area contributed by atoms with Crippen LogP contribution in [0.1, 0.15) is 30.9 Å². The second kappa shape index (κ2) is 5.93. The number of nitrogens with one attached hydrogen (secondary N) is 2. The molecule has 0 saturated heterocycles. The van der Waals surface area contributed by atoms with Gasteiger partial charge in [0.15, 0.2) is 0 Å². The SMILES string of the molecule is CCC(NCc1ccc(Br)cn1)c1ncc[nH]1. The molecule has 0 aromatic carbocycles. The van der Waals surface area contributed by atoms with E-state index in [-0.39, 0.29) is 6.04 Å². The minimum absolute atomic E-state index is 0.246. The van der Waals surface area contributed by atoms with Crippen molar-refractivity contribution < 1.29 is 0 Å². The topological polar surface area (TPSA) is 53.6 Å². The van der Waals surface area contributed by atoms with Crippen LogP contribution in [0.2, 0.25) is 0 Å². The van der Waals surface area contributed by atoms with E-state index in [4.69, 9.17) is 0 Å². The molecular weight excluding hydrogens is 280 g/mol. The molecule has 5 heteroatoms. The number of pyridine rings is 1. The number of imidazole rings is 1. The first-order valence-corrected chi connectivity index (χ1v) is 6.42. The van der Waals surface area contributed by atoms with Crippen molar-refractivity contribution in [2.75, 3.05) is 0 Å². The minimum Gasteiger partial charge on any atom is -0.347 e. The summed E-state index contributed by atoms with van der Waals surface area (Å²) in [4.78, 5) is 11.7. The monoisotopic (exact) mass is 294 g/mol. The van der Waals surface area contributed by atoms with E-state index in [1.165, 1.54) is 0 Å². The van der Waals surface area contributed by atoms with Crippen LogP contribution in [-0.4, -0.2) is 15.0 Å². The largest absolute Gasteiger partial charge is 0.347 e. The maximum Gasteiger partial charge on any atom is 0.123 e. The highest BCUT2D eigenvalue weighted by molar-refractivity contribution is 9.10. The quantitative estimate of drug-likeness (QED) is 0.892. The third kappa shape index (κ3) is 3.38. The zero-order valence-corrected chi connectivity index (χ0v) is 11.2. The standard InChI is InChI=1S/C12H15BrN4/c1-2-11(12-14-5-6-15-12)17-8-10-4-3-9(13)7-16-10/h3-7,11,17H,2,8H2,1H3,(H,14,15). The molecule has 0 saturated carbocycles. The van der Waals surface area contributed by atoms with Crippen LogP contribution < -0.4 is 5.32 Å². The van der Waals surface area contributed by atoms with E-state index in [1.54, 1.807) is 6.20 Å². The fourth-order valence-electron chi connectivity index (χ4n) is 1.64. The van der Waals surface area contributed by atoms with Gasteiger partial charge in [0.25, 0.3) is 0 Å². The predicted molar refractivity (Wildman–Crippen MR) is 70.4 cm³/mol. The van der Waals surface area contributed by atoms with Gasteiger partial charge in [-0.25, -0.2) is 4.98 Å². The van der Waals surface area contributed by atoms with Crippen molar-refractivity contribution in [2.45, 2.75) is 25.9 Å². The van der Waals surface area contributed by atoms with Crippen LogP contribution in [0.3, 0.4) is 0 Å². The third-order valence-corrected chi connectivity index (χ3v) is 3.04. The van der Waals surface area contributed by atoms with Crippen molar-refractivity contribution in [1.29, 1.82) is 0 Å². The lowest BCUT2D eigenvalue weighted by atomic mass is 10.2. The second-order valence-corrected chi connectivity index (χ2v) is 4.70. The molecule has 2 rings (SSSR count). The predicted octanol–water partition coefficient (Wildman–Crippen LogP) is 2.81. The van der Waals surface area contributed by atoms with Gasteiger partial charge in [-0.1, -0.05) is 6.92 Å². The molecule has 0 spiro atoms. The molecule has 0 bridgehead atoms. The molecule has 0 amide bonds. The van der Waals surface area contributed by atoms with Crippen LogP contribution in [0.15, 0.2) is 35.2 Å². The Morgan fingerprint density at radius 2 is 2.29 bits per heavy atom. The molecule has 2 aromatic rings. The molecule has 4 nitrogen and oxygen atoms in total. The molecule has 2 heterocycles. The van der Waals surface area contributed by atoms with Gasteiger partial charge in [-0.15, -0.1) is 0 Å². The fraction of sp³-hybridized carbons (Fsp3) is 0.333. The van der Waals surface area contributed by atoms with Gasteiger partial charge in [0.05, 0.1) is 11.7 Å². The normalized spacial score (nSPS) is 12.6. The van der Waals surface area contributed by atoms with Gasteiger partial charge in [-0.2, -0.15) is 0 Å². The van der Waals surface area contributed by atoms with Crippen molar-refractivity contribution in [3.05, 3.63) is 46.7 Å². The Hall–Kier alpha value is -1.20. The summed E-state index contributed by atoms with van der Waals surface area (Å²) in [5, 5.41) is 3.44. The Labute approximate surface area is 109 Å². The number of aromatic nitrogens is 3. The molecular formula is C12H15BrN4. The van der Waals surface area contributed by atoms with Gasteiger partial charge in [0, 0.05) is 29.6 Å². The number of aromatic amines is 1. The van der Waals surface area contributed by atoms with Crippen LogP contribution in [0.5, 0.6) is 0 Å². The summed E-state index contributed by atoms with van der Waals surface area (Å²) in [6.45, 7) is 2.88. The average molecular weight is 295 g/mol. The van der Waals surface area contributed by atoms with E-state index in [0.29, 0.717) is 0 Å². The first kappa shape index (κ1) is 12.3. The maximum atomic E-state index is 4.33. The Kier molecular flexibility index (Phi) is 4.28. The summed E-state index contributed by atoms with van der Waals surface area (Å²) in [5.74, 6) is 0.976. The molecule has 1 unspecified atom stereocenters. The van der Waals surface area contributed by atoms with Crippen LogP contribution in [-0.2, 0) is 6.54 Å². The fourth-order valence-corrected chi connectivity index (χ4v) is 1.88. The summed E-state index contributed by atoms with van der Waals surface area (Å²) in [6, 6.07) is 4.25. The van der Waals surface area contributed by atoms with Crippen molar-refractivity contribution in [2.24, 2.45) is 0 Å². The van der Waals surface area contributed by atoms with Crippen molar-refractivity contribution >= 4 is 15.9 Å². The summed E-state index contributed by atoms with van der Waals surface area (Å²) in [5.41, 5.74) is 1.03. The molecule has 2 aromatic heterocycles. The van der Waals surface area contributed by atoms with E-state index in [1.807, 2.05) is 24.5 Å². The number of halogens is 1. The molecule has 0 aliphatic heterocycles. The summed E-state index contributed by atoms with van der Waals surface area (Å²) in [7, 11) is 0. The van der Waals surface area contributed by atoms with Crippen LogP contribution in [0.4, 0.5) is 0 Å². The first-order valence-electron chi connectivity index (χ1n) is 5.62. The van der Waals surface area contributed by atoms with Crippen molar-refractivity contribution in [3.8, 4) is 0 Å². The molecule has 0 aliphatic carbocycles. The van der Waals surface area contributed by atoms with Gasteiger partial charge >= 0.3 is 0 Å². The first-order chi connectivity index (χ1) is 8.29. The maximum absolute atomic E-state index is 4.33. The molecule has 1 atom stereocenters. The number of rotatable bonds is 5. The van der Waals surface area contributed by atoms with Crippen molar-refractivity contribution in [1.82, 2.24) is 20.3 Å². The van der Waals surface area contributed by atoms with E-state index >= 15 is 0 Å². The molecule has 17 heavy (non-hydrogen) atoms. The number of hydrogen-bond acceptors (Lipinski definition) is 3. The lowest BCUT2D eigenvalue weighted by Gasteiger charge is -2.14. The summed E-state index contributed by atoms with van der Waals surface area (Å²) >= 11 is 3.37. The Morgan fingerprint density at radius 1 is 1.41 bits per heavy atom. The number of H-pyrrole nitrogens is 1. The molecule has 0 aliphatic rings. The lowest BCUT2D eigenvalue weighted by molar-refractivity contribution is 0.493. The van der Waals surface area contributed by atoms with Gasteiger partial charge in [-0.3, -0.25) is 4.98 Å². The minimum atomic E-state index is 0.246. The highest BCUT2D eigenvalue weighted by atomic mass is 79.9. The Bertz CT molecular complexity index is 438. The highest BCUT2D eigenvalue weighted by Crippen LogP contribution is 2.13. The van der Waals surface area contributed by atoms with E-state index in [0.717, 1.165) is 29.0 Å². The molecule has 90 valence electrons. The van der Waals surface area contributed by atoms with Crippen molar-refractivity contribution in [3.63, 3.8) is 0 Å². The zero-order valence-electron chi connectivity index (χ0n) is 9.65. The van der Waals surface area contributed by atoms with E-state index < -0.39 is 0 Å². The average Bonchev–Trinajstić information content (AvgIpc) is 2.86. The van der Waals surface area contributed by atoms with Gasteiger partial charge in [0.2, 0.25) is 0 Å².